The molecule has 2 aromatic rings. The minimum atomic E-state index is -4.02. The SMILES string of the molecule is CC(C)CNC(=O)[C@H](C)N(Cc1ccc(Cl)c(Cl)c1)C(=O)CN(c1cccc([N+](=O)[O-])c1)S(C)(=O)=O. The quantitative estimate of drug-likeness (QED) is 0.329. The Morgan fingerprint density at radius 2 is 1.75 bits per heavy atom. The van der Waals surface area contributed by atoms with E-state index in [-0.39, 0.29) is 28.9 Å². The van der Waals surface area contributed by atoms with Crippen LogP contribution in [0, 0.1) is 16.0 Å². The fourth-order valence-corrected chi connectivity index (χ4v) is 4.41. The minimum absolute atomic E-state index is 0.0496. The van der Waals surface area contributed by atoms with Gasteiger partial charge in [-0.15, -0.1) is 0 Å². The van der Waals surface area contributed by atoms with Crippen LogP contribution in [-0.4, -0.2) is 55.4 Å². The van der Waals surface area contributed by atoms with Gasteiger partial charge in [0.05, 0.1) is 26.9 Å². The first-order chi connectivity index (χ1) is 16.7. The van der Waals surface area contributed by atoms with Crippen LogP contribution in [0.1, 0.15) is 26.3 Å². The second kappa shape index (κ2) is 12.4. The molecule has 36 heavy (non-hydrogen) atoms. The zero-order chi connectivity index (χ0) is 27.2. The Bertz CT molecular complexity index is 1240. The highest BCUT2D eigenvalue weighted by atomic mass is 35.5. The first kappa shape index (κ1) is 29.3. The number of nitrogens with zero attached hydrogens (tertiary/aromatic N) is 3. The zero-order valence-electron chi connectivity index (χ0n) is 20.3. The number of rotatable bonds is 11. The molecule has 0 fully saturated rings. The van der Waals surface area contributed by atoms with Crippen molar-refractivity contribution in [2.24, 2.45) is 5.92 Å². The van der Waals surface area contributed by atoms with Crippen LogP contribution in [0.3, 0.4) is 0 Å². The van der Waals surface area contributed by atoms with Gasteiger partial charge in [-0.25, -0.2) is 8.42 Å². The summed E-state index contributed by atoms with van der Waals surface area (Å²) in [4.78, 5) is 38.0. The van der Waals surface area contributed by atoms with Crippen molar-refractivity contribution < 1.29 is 22.9 Å². The predicted octanol–water partition coefficient (Wildman–Crippen LogP) is 3.86. The van der Waals surface area contributed by atoms with Crippen molar-refractivity contribution in [3.63, 3.8) is 0 Å². The van der Waals surface area contributed by atoms with Crippen LogP contribution in [0.15, 0.2) is 42.5 Å². The summed E-state index contributed by atoms with van der Waals surface area (Å²) in [7, 11) is -4.02. The van der Waals surface area contributed by atoms with Crippen LogP contribution in [0.2, 0.25) is 10.0 Å². The molecule has 0 aromatic heterocycles. The Hall–Kier alpha value is -2.89. The number of carbonyl (C=O) groups excluding carboxylic acids is 2. The fourth-order valence-electron chi connectivity index (χ4n) is 3.25. The van der Waals surface area contributed by atoms with E-state index < -0.39 is 39.3 Å². The second-order valence-corrected chi connectivity index (χ2v) is 11.4. The van der Waals surface area contributed by atoms with Gasteiger partial charge in [0, 0.05) is 25.2 Å². The van der Waals surface area contributed by atoms with Crippen LogP contribution < -0.4 is 9.62 Å². The van der Waals surface area contributed by atoms with Crippen LogP contribution in [0.5, 0.6) is 0 Å². The molecule has 0 aliphatic heterocycles. The van der Waals surface area contributed by atoms with Crippen molar-refractivity contribution in [3.05, 3.63) is 68.2 Å². The standard InChI is InChI=1S/C23H28Cl2N4O6S/c1-15(2)12-26-23(31)16(3)27(13-17-8-9-20(24)21(25)10-17)22(30)14-28(36(4,34)35)18-6-5-7-19(11-18)29(32)33/h5-11,15-16H,12-14H2,1-4H3,(H,26,31)/t16-/m0/s1. The molecule has 0 bridgehead atoms. The van der Waals surface area contributed by atoms with Crippen molar-refractivity contribution >= 4 is 56.4 Å². The minimum Gasteiger partial charge on any atom is -0.354 e. The van der Waals surface area contributed by atoms with E-state index in [0.717, 1.165) is 16.6 Å². The molecule has 196 valence electrons. The summed E-state index contributed by atoms with van der Waals surface area (Å²) in [5.74, 6) is -0.932. The maximum Gasteiger partial charge on any atom is 0.271 e. The summed E-state index contributed by atoms with van der Waals surface area (Å²) in [6.07, 6.45) is 0.890. The molecule has 0 radical (unpaired) electrons. The first-order valence-electron chi connectivity index (χ1n) is 10.9. The van der Waals surface area contributed by atoms with Crippen molar-refractivity contribution in [2.45, 2.75) is 33.4 Å². The van der Waals surface area contributed by atoms with E-state index in [1.54, 1.807) is 18.2 Å². The Morgan fingerprint density at radius 3 is 2.31 bits per heavy atom. The zero-order valence-corrected chi connectivity index (χ0v) is 22.6. The highest BCUT2D eigenvalue weighted by Crippen LogP contribution is 2.25. The smallest absolute Gasteiger partial charge is 0.271 e. The molecule has 2 aromatic carbocycles. The molecule has 1 N–H and O–H groups in total. The third-order valence-electron chi connectivity index (χ3n) is 5.20. The number of nitro benzene ring substituents is 1. The van der Waals surface area contributed by atoms with E-state index >= 15 is 0 Å². The molecule has 0 saturated carbocycles. The maximum absolute atomic E-state index is 13.5. The number of carbonyl (C=O) groups is 2. The van der Waals surface area contributed by atoms with Crippen LogP contribution >= 0.6 is 23.2 Å². The van der Waals surface area contributed by atoms with Gasteiger partial charge in [0.15, 0.2) is 0 Å². The number of amides is 2. The predicted molar refractivity (Wildman–Crippen MR) is 140 cm³/mol. The molecule has 0 saturated heterocycles. The van der Waals surface area contributed by atoms with Gasteiger partial charge >= 0.3 is 0 Å². The highest BCUT2D eigenvalue weighted by molar-refractivity contribution is 7.92. The third-order valence-corrected chi connectivity index (χ3v) is 7.08. The number of nitro groups is 1. The molecule has 0 unspecified atom stereocenters. The molecule has 2 amide bonds. The highest BCUT2D eigenvalue weighted by Gasteiger charge is 2.30. The number of anilines is 1. The number of non-ortho nitro benzene ring substituents is 1. The van der Waals surface area contributed by atoms with E-state index in [1.165, 1.54) is 30.0 Å². The second-order valence-electron chi connectivity index (χ2n) is 8.63. The monoisotopic (exact) mass is 558 g/mol. The normalized spacial score (nSPS) is 12.2. The molecule has 0 aliphatic rings. The van der Waals surface area contributed by atoms with Crippen molar-refractivity contribution in [3.8, 4) is 0 Å². The number of benzene rings is 2. The van der Waals surface area contributed by atoms with Gasteiger partial charge in [-0.05, 0) is 36.6 Å². The average Bonchev–Trinajstić information content (AvgIpc) is 2.80. The summed E-state index contributed by atoms with van der Waals surface area (Å²) in [6.45, 7) is 5.03. The summed E-state index contributed by atoms with van der Waals surface area (Å²) in [5, 5.41) is 14.5. The van der Waals surface area contributed by atoms with Gasteiger partial charge in [-0.2, -0.15) is 0 Å². The van der Waals surface area contributed by atoms with Gasteiger partial charge in [0.2, 0.25) is 21.8 Å². The van der Waals surface area contributed by atoms with Crippen LogP contribution in [0.25, 0.3) is 0 Å². The van der Waals surface area contributed by atoms with Gasteiger partial charge in [-0.1, -0.05) is 49.2 Å². The summed E-state index contributed by atoms with van der Waals surface area (Å²) in [6, 6.07) is 8.74. The summed E-state index contributed by atoms with van der Waals surface area (Å²) < 4.78 is 25.9. The summed E-state index contributed by atoms with van der Waals surface area (Å²) >= 11 is 12.1. The third kappa shape index (κ3) is 8.07. The van der Waals surface area contributed by atoms with Crippen LogP contribution in [-0.2, 0) is 26.2 Å². The maximum atomic E-state index is 13.5. The number of sulfonamides is 1. The molecular formula is C23H28Cl2N4O6S. The molecule has 0 heterocycles. The van der Waals surface area contributed by atoms with E-state index in [4.69, 9.17) is 23.2 Å². The van der Waals surface area contributed by atoms with Gasteiger partial charge in [0.1, 0.15) is 12.6 Å². The Labute approximate surface area is 220 Å². The Balaban J connectivity index is 2.43. The number of nitrogens with one attached hydrogen (secondary N) is 1. The van der Waals surface area contributed by atoms with Crippen LogP contribution in [0.4, 0.5) is 11.4 Å². The molecule has 1 atom stereocenters. The largest absolute Gasteiger partial charge is 0.354 e. The van der Waals surface area contributed by atoms with E-state index in [9.17, 15) is 28.1 Å². The van der Waals surface area contributed by atoms with Crippen molar-refractivity contribution in [2.75, 3.05) is 23.7 Å². The summed E-state index contributed by atoms with van der Waals surface area (Å²) in [5.41, 5.74) is 0.191. The molecular weight excluding hydrogens is 531 g/mol. The van der Waals surface area contributed by atoms with E-state index in [1.807, 2.05) is 13.8 Å². The average molecular weight is 559 g/mol. The number of halogens is 2. The fraction of sp³-hybridized carbons (Fsp3) is 0.391. The van der Waals surface area contributed by atoms with Gasteiger partial charge < -0.3 is 10.2 Å². The Kier molecular flexibility index (Phi) is 10.1. The number of hydrogen-bond acceptors (Lipinski definition) is 6. The van der Waals surface area contributed by atoms with Gasteiger partial charge in [-0.3, -0.25) is 24.0 Å². The van der Waals surface area contributed by atoms with E-state index in [2.05, 4.69) is 5.32 Å². The lowest BCUT2D eigenvalue weighted by Gasteiger charge is -2.31. The number of hydrogen-bond donors (Lipinski definition) is 1. The molecule has 0 aliphatic carbocycles. The van der Waals surface area contributed by atoms with Gasteiger partial charge in [0.25, 0.3) is 5.69 Å². The topological polar surface area (TPSA) is 130 Å². The Morgan fingerprint density at radius 1 is 1.08 bits per heavy atom. The molecule has 2 rings (SSSR count). The lowest BCUT2D eigenvalue weighted by Crippen LogP contribution is -2.51. The first-order valence-corrected chi connectivity index (χ1v) is 13.5. The van der Waals surface area contributed by atoms with Crippen molar-refractivity contribution in [1.82, 2.24) is 10.2 Å². The molecule has 0 spiro atoms. The molecule has 10 nitrogen and oxygen atoms in total. The lowest BCUT2D eigenvalue weighted by molar-refractivity contribution is -0.384. The molecule has 13 heteroatoms. The van der Waals surface area contributed by atoms with Crippen molar-refractivity contribution in [1.29, 1.82) is 0 Å². The lowest BCUT2D eigenvalue weighted by atomic mass is 10.1. The van der Waals surface area contributed by atoms with E-state index in [0.29, 0.717) is 17.1 Å².